The van der Waals surface area contributed by atoms with Gasteiger partial charge in [-0.15, -0.1) is 0 Å². The van der Waals surface area contributed by atoms with Gasteiger partial charge in [0.15, 0.2) is 6.10 Å². The van der Waals surface area contributed by atoms with Gasteiger partial charge >= 0.3 is 17.9 Å². The van der Waals surface area contributed by atoms with Crippen LogP contribution in [0.4, 0.5) is 0 Å². The van der Waals surface area contributed by atoms with E-state index in [1.807, 2.05) is 0 Å². The minimum atomic E-state index is -0.769. The lowest BCUT2D eigenvalue weighted by atomic mass is 10.0. The summed E-state index contributed by atoms with van der Waals surface area (Å²) in [6, 6.07) is 0. The van der Waals surface area contributed by atoms with Gasteiger partial charge in [-0.05, 0) is 83.5 Å². The van der Waals surface area contributed by atoms with Crippen molar-refractivity contribution in [3.8, 4) is 0 Å². The summed E-state index contributed by atoms with van der Waals surface area (Å²) >= 11 is 0. The maximum Gasteiger partial charge on any atom is 0.306 e. The van der Waals surface area contributed by atoms with Crippen LogP contribution in [0.15, 0.2) is 60.8 Å². The van der Waals surface area contributed by atoms with Crippen LogP contribution in [0.5, 0.6) is 0 Å². The highest BCUT2D eigenvalue weighted by molar-refractivity contribution is 5.71. The fourth-order valence-electron chi connectivity index (χ4n) is 10.1. The third-order valence-electron chi connectivity index (χ3n) is 15.3. The molecule has 0 N–H and O–H groups in total. The Morgan fingerprint density at radius 2 is 0.500 bits per heavy atom. The van der Waals surface area contributed by atoms with Crippen LogP contribution >= 0.6 is 0 Å². The molecule has 1 unspecified atom stereocenters. The van der Waals surface area contributed by atoms with Gasteiger partial charge in [0.05, 0.1) is 0 Å². The number of ether oxygens (including phenoxy) is 3. The molecule has 0 rings (SSSR count). The van der Waals surface area contributed by atoms with Crippen LogP contribution in [0.2, 0.25) is 0 Å². The molecule has 0 saturated carbocycles. The molecule has 0 radical (unpaired) electrons. The van der Waals surface area contributed by atoms with E-state index < -0.39 is 6.10 Å². The van der Waals surface area contributed by atoms with Crippen molar-refractivity contribution in [3.63, 3.8) is 0 Å². The van der Waals surface area contributed by atoms with E-state index >= 15 is 0 Å². The van der Waals surface area contributed by atoms with E-state index in [0.29, 0.717) is 19.3 Å². The Morgan fingerprint density at radius 3 is 0.795 bits per heavy atom. The van der Waals surface area contributed by atoms with Gasteiger partial charge in [0.25, 0.3) is 0 Å². The van der Waals surface area contributed by atoms with Gasteiger partial charge in [-0.25, -0.2) is 0 Å². The molecule has 0 aromatic heterocycles. The molecule has 0 heterocycles. The van der Waals surface area contributed by atoms with Gasteiger partial charge in [-0.3, -0.25) is 14.4 Å². The zero-order valence-corrected chi connectivity index (χ0v) is 52.2. The Kier molecular flexibility index (Phi) is 64.2. The number of rotatable bonds is 63. The van der Waals surface area contributed by atoms with Gasteiger partial charge in [0, 0.05) is 19.3 Å². The Morgan fingerprint density at radius 1 is 0.269 bits per heavy atom. The normalized spacial score (nSPS) is 12.4. The highest BCUT2D eigenvalue weighted by atomic mass is 16.6. The molecule has 0 aliphatic heterocycles. The zero-order chi connectivity index (χ0) is 56.4. The zero-order valence-electron chi connectivity index (χ0n) is 52.2. The van der Waals surface area contributed by atoms with Crippen LogP contribution in [-0.4, -0.2) is 37.2 Å². The summed E-state index contributed by atoms with van der Waals surface area (Å²) in [6.07, 6.45) is 85.8. The van der Waals surface area contributed by atoms with Crippen LogP contribution in [0.3, 0.4) is 0 Å². The van der Waals surface area contributed by atoms with E-state index in [4.69, 9.17) is 14.2 Å². The molecule has 0 aromatic carbocycles. The standard InChI is InChI=1S/C72H130O6/c1-4-7-10-13-16-18-20-22-24-26-28-30-32-33-34-35-36-37-38-39-41-42-44-46-48-50-52-54-56-59-62-65-71(74)77-68-69(67-76-70(73)64-61-58-15-12-9-6-3)78-72(75)66-63-60-57-55-53-51-49-47-45-43-40-31-29-27-25-23-21-19-17-14-11-8-5-2/h7,10,16,18,22,24,27-30,69H,4-6,8-9,11-15,17,19-21,23,25-26,31-68H2,1-3H3/b10-7-,18-16-,24-22-,29-27-,30-28-. The third-order valence-corrected chi connectivity index (χ3v) is 15.3. The second-order valence-electron chi connectivity index (χ2n) is 23.1. The fourth-order valence-corrected chi connectivity index (χ4v) is 10.1. The number of carbonyl (C=O) groups excluding carboxylic acids is 3. The lowest BCUT2D eigenvalue weighted by molar-refractivity contribution is -0.167. The van der Waals surface area contributed by atoms with Crippen LogP contribution in [0.25, 0.3) is 0 Å². The second kappa shape index (κ2) is 66.6. The molecule has 0 aromatic rings. The van der Waals surface area contributed by atoms with Crippen LogP contribution in [-0.2, 0) is 28.6 Å². The maximum absolute atomic E-state index is 12.9. The number of esters is 3. The Hall–Kier alpha value is -2.89. The topological polar surface area (TPSA) is 78.9 Å². The van der Waals surface area contributed by atoms with Crippen molar-refractivity contribution in [2.24, 2.45) is 0 Å². The van der Waals surface area contributed by atoms with E-state index in [-0.39, 0.29) is 31.1 Å². The quantitative estimate of drug-likeness (QED) is 0.0261. The van der Waals surface area contributed by atoms with E-state index in [9.17, 15) is 14.4 Å². The largest absolute Gasteiger partial charge is 0.462 e. The van der Waals surface area contributed by atoms with Crippen molar-refractivity contribution >= 4 is 17.9 Å². The Bertz CT molecular complexity index is 1390. The molecule has 0 aliphatic carbocycles. The molecular formula is C72H130O6. The van der Waals surface area contributed by atoms with Crippen molar-refractivity contribution in [1.29, 1.82) is 0 Å². The van der Waals surface area contributed by atoms with Crippen molar-refractivity contribution in [3.05, 3.63) is 60.8 Å². The number of hydrogen-bond donors (Lipinski definition) is 0. The van der Waals surface area contributed by atoms with Crippen molar-refractivity contribution < 1.29 is 28.6 Å². The van der Waals surface area contributed by atoms with E-state index in [1.54, 1.807) is 0 Å². The van der Waals surface area contributed by atoms with E-state index in [2.05, 4.69) is 81.5 Å². The molecule has 1 atom stereocenters. The molecule has 0 fully saturated rings. The van der Waals surface area contributed by atoms with Crippen LogP contribution in [0, 0.1) is 0 Å². The SMILES string of the molecule is CC/C=C\C/C=C\C/C=C\C/C=C\CCCCCCCCCCCCCCCCCCCCC(=O)OCC(COC(=O)CCCCCCCC)OC(=O)CCCCCCCCCCCCC/C=C\CCCCCCCCCC. The maximum atomic E-state index is 12.9. The second-order valence-corrected chi connectivity index (χ2v) is 23.1. The van der Waals surface area contributed by atoms with Crippen molar-refractivity contribution in [2.45, 2.75) is 367 Å². The molecule has 0 saturated heterocycles. The minimum Gasteiger partial charge on any atom is -0.462 e. The first kappa shape index (κ1) is 75.1. The van der Waals surface area contributed by atoms with Gasteiger partial charge in [0.1, 0.15) is 13.2 Å². The predicted octanol–water partition coefficient (Wildman–Crippen LogP) is 23.5. The van der Waals surface area contributed by atoms with Gasteiger partial charge in [-0.1, -0.05) is 319 Å². The summed E-state index contributed by atoms with van der Waals surface area (Å²) in [5.41, 5.74) is 0. The lowest BCUT2D eigenvalue weighted by Crippen LogP contribution is -2.30. The molecule has 0 amide bonds. The molecule has 78 heavy (non-hydrogen) atoms. The number of carbonyl (C=O) groups is 3. The first-order valence-corrected chi connectivity index (χ1v) is 34.3. The third kappa shape index (κ3) is 63.9. The smallest absolute Gasteiger partial charge is 0.306 e. The number of allylic oxidation sites excluding steroid dienone is 10. The average molecular weight is 1090 g/mol. The summed E-state index contributed by atoms with van der Waals surface area (Å²) in [4.78, 5) is 38.1. The first-order valence-electron chi connectivity index (χ1n) is 34.3. The van der Waals surface area contributed by atoms with Crippen LogP contribution in [0.1, 0.15) is 361 Å². The fraction of sp³-hybridized carbons (Fsp3) is 0.819. The Labute approximate surface area is 485 Å². The molecule has 6 nitrogen and oxygen atoms in total. The summed E-state index contributed by atoms with van der Waals surface area (Å²) in [5, 5.41) is 0. The monoisotopic (exact) mass is 1090 g/mol. The number of hydrogen-bond acceptors (Lipinski definition) is 6. The predicted molar refractivity (Wildman–Crippen MR) is 339 cm³/mol. The summed E-state index contributed by atoms with van der Waals surface area (Å²) < 4.78 is 16.8. The van der Waals surface area contributed by atoms with E-state index in [1.165, 1.54) is 238 Å². The van der Waals surface area contributed by atoms with Crippen molar-refractivity contribution in [2.75, 3.05) is 13.2 Å². The van der Waals surface area contributed by atoms with Crippen molar-refractivity contribution in [1.82, 2.24) is 0 Å². The summed E-state index contributed by atoms with van der Waals surface area (Å²) in [6.45, 7) is 6.52. The van der Waals surface area contributed by atoms with Gasteiger partial charge in [-0.2, -0.15) is 0 Å². The summed E-state index contributed by atoms with van der Waals surface area (Å²) in [7, 11) is 0. The van der Waals surface area contributed by atoms with E-state index in [0.717, 1.165) is 83.5 Å². The molecular weight excluding hydrogens is 961 g/mol. The highest BCUT2D eigenvalue weighted by Crippen LogP contribution is 2.18. The molecule has 0 bridgehead atoms. The molecule has 454 valence electrons. The lowest BCUT2D eigenvalue weighted by Gasteiger charge is -2.18. The molecule has 6 heteroatoms. The first-order chi connectivity index (χ1) is 38.5. The molecule has 0 spiro atoms. The molecule has 0 aliphatic rings. The van der Waals surface area contributed by atoms with Gasteiger partial charge < -0.3 is 14.2 Å². The average Bonchev–Trinajstić information content (AvgIpc) is 3.44. The minimum absolute atomic E-state index is 0.0695. The highest BCUT2D eigenvalue weighted by Gasteiger charge is 2.19. The van der Waals surface area contributed by atoms with Gasteiger partial charge in [0.2, 0.25) is 0 Å². The van der Waals surface area contributed by atoms with Crippen LogP contribution < -0.4 is 0 Å². The summed E-state index contributed by atoms with van der Waals surface area (Å²) in [5.74, 6) is -0.859. The number of unbranched alkanes of at least 4 members (excludes halogenated alkanes) is 42. The Balaban J connectivity index is 3.99.